The van der Waals surface area contributed by atoms with Crippen LogP contribution in [-0.4, -0.2) is 24.1 Å². The molecule has 3 aromatic carbocycles. The zero-order valence-corrected chi connectivity index (χ0v) is 30.2. The molecule has 8 atom stereocenters. The number of hydrogen-bond acceptors (Lipinski definition) is 6. The number of benzene rings is 3. The first-order chi connectivity index (χ1) is 23.6. The first-order valence-corrected chi connectivity index (χ1v) is 18.6. The van der Waals surface area contributed by atoms with Gasteiger partial charge in [0.15, 0.2) is 0 Å². The lowest BCUT2D eigenvalue weighted by molar-refractivity contribution is -0.191. The summed E-state index contributed by atoms with van der Waals surface area (Å²) in [6, 6.07) is 28.4. The van der Waals surface area contributed by atoms with Gasteiger partial charge in [0.05, 0.1) is 5.69 Å². The number of esters is 2. The second-order valence-corrected chi connectivity index (χ2v) is 15.8. The summed E-state index contributed by atoms with van der Waals surface area (Å²) >= 11 is 0. The molecule has 1 heterocycles. The van der Waals surface area contributed by atoms with Gasteiger partial charge in [-0.1, -0.05) is 133 Å². The third-order valence-electron chi connectivity index (χ3n) is 11.6. The average molecular weight is 666 g/mol. The predicted molar refractivity (Wildman–Crippen MR) is 193 cm³/mol. The third kappa shape index (κ3) is 7.04. The number of para-hydroxylation sites is 1. The SMILES string of the molecule is CC(C)[C@@H]1CC[C@@H](C)C[C@H]1OC(=O)C1(C(=O)O[C@@H]2C[C@H](C)CC[C@H]2C(C)C)[C@@H](c2ccccc2)ON(c2ccccc2)[C@H]1c1ccccc1. The number of hydroxylamine groups is 1. The van der Waals surface area contributed by atoms with Gasteiger partial charge < -0.3 is 9.47 Å². The fraction of sp³-hybridized carbons (Fsp3) is 0.535. The quantitative estimate of drug-likeness (QED) is 0.167. The summed E-state index contributed by atoms with van der Waals surface area (Å²) in [5.41, 5.74) is 0.403. The number of carbonyl (C=O) groups is 2. The lowest BCUT2D eigenvalue weighted by atomic mass is 9.70. The molecule has 3 fully saturated rings. The summed E-state index contributed by atoms with van der Waals surface area (Å²) in [5, 5.41) is 1.77. The number of nitrogens with zero attached hydrogens (tertiary/aromatic N) is 1. The van der Waals surface area contributed by atoms with Crippen molar-refractivity contribution in [3.63, 3.8) is 0 Å². The van der Waals surface area contributed by atoms with Gasteiger partial charge in [-0.05, 0) is 84.5 Å². The summed E-state index contributed by atoms with van der Waals surface area (Å²) in [5.74, 6) is 0.787. The van der Waals surface area contributed by atoms with Crippen LogP contribution in [-0.2, 0) is 23.9 Å². The van der Waals surface area contributed by atoms with Crippen LogP contribution in [0.15, 0.2) is 91.0 Å². The van der Waals surface area contributed by atoms with Crippen LogP contribution in [0.3, 0.4) is 0 Å². The van der Waals surface area contributed by atoms with E-state index in [4.69, 9.17) is 14.3 Å². The van der Waals surface area contributed by atoms with E-state index in [-0.39, 0.29) is 24.0 Å². The molecule has 0 bridgehead atoms. The first kappa shape index (κ1) is 35.2. The molecule has 3 aliphatic rings. The van der Waals surface area contributed by atoms with Crippen LogP contribution in [0.1, 0.15) is 103 Å². The molecular formula is C43H55NO5. The zero-order chi connectivity index (χ0) is 34.7. The van der Waals surface area contributed by atoms with Gasteiger partial charge in [-0.3, -0.25) is 14.4 Å². The second kappa shape index (κ2) is 15.1. The summed E-state index contributed by atoms with van der Waals surface area (Å²) in [6.45, 7) is 13.3. The Morgan fingerprint density at radius 2 is 1.08 bits per heavy atom. The molecule has 1 aliphatic heterocycles. The normalized spacial score (nSPS) is 29.9. The van der Waals surface area contributed by atoms with Crippen molar-refractivity contribution >= 4 is 17.6 Å². The maximum atomic E-state index is 15.6. The fourth-order valence-electron chi connectivity index (χ4n) is 8.85. The van der Waals surface area contributed by atoms with Crippen molar-refractivity contribution in [2.45, 2.75) is 104 Å². The van der Waals surface area contributed by atoms with E-state index >= 15 is 9.59 Å². The standard InChI is InChI=1S/C43H55NO5/c1-28(2)35-24-22-30(5)26-37(35)47-41(45)43(42(46)48-38-27-31(6)23-25-36(38)29(3)4)39(32-16-10-7-11-17-32)44(34-20-14-9-15-21-34)49-40(43)33-18-12-8-13-19-33/h7-21,28-31,35-40H,22-27H2,1-6H3/t30-,31-,35+,36+,37-,38-,39+,40-/m1/s1. The zero-order valence-electron chi connectivity index (χ0n) is 30.2. The van der Waals surface area contributed by atoms with E-state index in [1.165, 1.54) is 0 Å². The van der Waals surface area contributed by atoms with Gasteiger partial charge in [-0.2, -0.15) is 0 Å². The molecule has 2 saturated carbocycles. The Bertz CT molecular complexity index is 1480. The van der Waals surface area contributed by atoms with E-state index in [0.717, 1.165) is 55.3 Å². The summed E-state index contributed by atoms with van der Waals surface area (Å²) in [6.07, 6.45) is 4.11. The lowest BCUT2D eigenvalue weighted by Gasteiger charge is -2.42. The van der Waals surface area contributed by atoms with Crippen molar-refractivity contribution in [3.05, 3.63) is 102 Å². The highest BCUT2D eigenvalue weighted by Gasteiger charge is 2.70. The molecule has 0 spiro atoms. The van der Waals surface area contributed by atoms with Crippen molar-refractivity contribution in [2.24, 2.45) is 40.9 Å². The molecule has 6 nitrogen and oxygen atoms in total. The van der Waals surface area contributed by atoms with E-state index in [1.54, 1.807) is 5.06 Å². The largest absolute Gasteiger partial charge is 0.461 e. The maximum absolute atomic E-state index is 15.6. The maximum Gasteiger partial charge on any atom is 0.329 e. The van der Waals surface area contributed by atoms with Crippen molar-refractivity contribution in [3.8, 4) is 0 Å². The van der Waals surface area contributed by atoms with Gasteiger partial charge in [-0.15, -0.1) is 0 Å². The third-order valence-corrected chi connectivity index (χ3v) is 11.6. The summed E-state index contributed by atoms with van der Waals surface area (Å²) in [7, 11) is 0. The average Bonchev–Trinajstić information content (AvgIpc) is 3.47. The van der Waals surface area contributed by atoms with Crippen LogP contribution in [0.2, 0.25) is 0 Å². The van der Waals surface area contributed by atoms with E-state index in [9.17, 15) is 0 Å². The molecule has 0 unspecified atom stereocenters. The lowest BCUT2D eigenvalue weighted by Crippen LogP contribution is -2.53. The van der Waals surface area contributed by atoms with Crippen molar-refractivity contribution in [2.75, 3.05) is 5.06 Å². The van der Waals surface area contributed by atoms with Crippen molar-refractivity contribution < 1.29 is 23.9 Å². The Balaban J connectivity index is 1.56. The summed E-state index contributed by atoms with van der Waals surface area (Å²) in [4.78, 5) is 38.1. The highest BCUT2D eigenvalue weighted by molar-refractivity contribution is 6.03. The van der Waals surface area contributed by atoms with Crippen molar-refractivity contribution in [1.82, 2.24) is 0 Å². The Morgan fingerprint density at radius 3 is 1.53 bits per heavy atom. The molecule has 262 valence electrons. The molecular weight excluding hydrogens is 610 g/mol. The van der Waals surface area contributed by atoms with Gasteiger partial charge in [0, 0.05) is 0 Å². The molecule has 0 N–H and O–H groups in total. The fourth-order valence-corrected chi connectivity index (χ4v) is 8.85. The van der Waals surface area contributed by atoms with Crippen LogP contribution in [0.4, 0.5) is 5.69 Å². The number of rotatable bonds is 9. The molecule has 49 heavy (non-hydrogen) atoms. The van der Waals surface area contributed by atoms with Crippen LogP contribution in [0.5, 0.6) is 0 Å². The van der Waals surface area contributed by atoms with Gasteiger partial charge in [0.2, 0.25) is 5.41 Å². The molecule has 0 amide bonds. The first-order valence-electron chi connectivity index (χ1n) is 18.6. The van der Waals surface area contributed by atoms with Crippen LogP contribution in [0, 0.1) is 40.9 Å². The topological polar surface area (TPSA) is 65.1 Å². The predicted octanol–water partition coefficient (Wildman–Crippen LogP) is 9.92. The smallest absolute Gasteiger partial charge is 0.329 e. The molecule has 3 aromatic rings. The van der Waals surface area contributed by atoms with Gasteiger partial charge in [0.25, 0.3) is 0 Å². The van der Waals surface area contributed by atoms with Crippen molar-refractivity contribution in [1.29, 1.82) is 0 Å². The highest BCUT2D eigenvalue weighted by Crippen LogP contribution is 2.59. The number of ether oxygens (including phenoxy) is 2. The Hall–Kier alpha value is -3.64. The van der Waals surface area contributed by atoms with Crippen LogP contribution < -0.4 is 5.06 Å². The second-order valence-electron chi connectivity index (χ2n) is 15.8. The van der Waals surface area contributed by atoms with Gasteiger partial charge in [-0.25, -0.2) is 5.06 Å². The Kier molecular flexibility index (Phi) is 10.8. The van der Waals surface area contributed by atoms with E-state index in [1.807, 2.05) is 91.0 Å². The van der Waals surface area contributed by atoms with E-state index in [0.29, 0.717) is 23.7 Å². The molecule has 2 aliphatic carbocycles. The van der Waals surface area contributed by atoms with E-state index in [2.05, 4.69) is 41.5 Å². The molecule has 6 heteroatoms. The minimum absolute atomic E-state index is 0.204. The van der Waals surface area contributed by atoms with Gasteiger partial charge in [0.1, 0.15) is 24.4 Å². The number of hydrogen-bond donors (Lipinski definition) is 0. The number of anilines is 1. The van der Waals surface area contributed by atoms with Crippen LogP contribution >= 0.6 is 0 Å². The van der Waals surface area contributed by atoms with E-state index < -0.39 is 29.5 Å². The minimum atomic E-state index is -1.86. The monoisotopic (exact) mass is 665 g/mol. The molecule has 1 saturated heterocycles. The summed E-state index contributed by atoms with van der Waals surface area (Å²) < 4.78 is 13.5. The molecule has 6 rings (SSSR count). The molecule has 0 radical (unpaired) electrons. The van der Waals surface area contributed by atoms with Gasteiger partial charge >= 0.3 is 11.9 Å². The van der Waals surface area contributed by atoms with Crippen LogP contribution in [0.25, 0.3) is 0 Å². The minimum Gasteiger partial charge on any atom is -0.461 e. The molecule has 0 aromatic heterocycles. The Morgan fingerprint density at radius 1 is 0.653 bits per heavy atom. The highest BCUT2D eigenvalue weighted by atomic mass is 16.7. The number of carbonyl (C=O) groups excluding carboxylic acids is 2. The Labute approximate surface area is 293 Å².